The number of hydrogen-bond acceptors (Lipinski definition) is 3. The van der Waals surface area contributed by atoms with Gasteiger partial charge in [-0.15, -0.1) is 0 Å². The Hall–Kier alpha value is -1.06. The number of hydrogen-bond donors (Lipinski definition) is 0. The van der Waals surface area contributed by atoms with E-state index in [9.17, 15) is 0 Å². The van der Waals surface area contributed by atoms with E-state index in [-0.39, 0.29) is 11.2 Å². The van der Waals surface area contributed by atoms with Gasteiger partial charge in [-0.05, 0) is 38.3 Å². The molecule has 1 aromatic carbocycles. The van der Waals surface area contributed by atoms with Crippen molar-refractivity contribution >= 4 is 0 Å². The van der Waals surface area contributed by atoms with Gasteiger partial charge >= 0.3 is 0 Å². The van der Waals surface area contributed by atoms with Gasteiger partial charge in [-0.1, -0.05) is 39.0 Å². The first-order valence-corrected chi connectivity index (χ1v) is 8.54. The highest BCUT2D eigenvalue weighted by Gasteiger charge is 2.37. The molecule has 0 spiro atoms. The van der Waals surface area contributed by atoms with Gasteiger partial charge < -0.3 is 14.2 Å². The van der Waals surface area contributed by atoms with Crippen molar-refractivity contribution < 1.29 is 14.2 Å². The largest absolute Gasteiger partial charge is 0.485 e. The standard InChI is InChI=1S/C19H30O3/c1-5-18(4,13-17-14-20-17)21-15-19(6-2,7-3)22-16-11-9-8-10-12-16/h8-12,17H,5-7,13-15H2,1-4H3. The average molecular weight is 306 g/mol. The van der Waals surface area contributed by atoms with Gasteiger partial charge in [0.2, 0.25) is 0 Å². The van der Waals surface area contributed by atoms with Crippen LogP contribution >= 0.6 is 0 Å². The highest BCUT2D eigenvalue weighted by atomic mass is 16.6. The van der Waals surface area contributed by atoms with Crippen molar-refractivity contribution in [1.29, 1.82) is 0 Å². The van der Waals surface area contributed by atoms with Crippen molar-refractivity contribution in [2.24, 2.45) is 0 Å². The van der Waals surface area contributed by atoms with Crippen molar-refractivity contribution in [2.45, 2.75) is 70.7 Å². The van der Waals surface area contributed by atoms with Gasteiger partial charge in [0.15, 0.2) is 0 Å². The van der Waals surface area contributed by atoms with Crippen LogP contribution in [0.1, 0.15) is 53.4 Å². The smallest absolute Gasteiger partial charge is 0.132 e. The van der Waals surface area contributed by atoms with Crippen molar-refractivity contribution in [2.75, 3.05) is 13.2 Å². The van der Waals surface area contributed by atoms with Crippen LogP contribution in [0, 0.1) is 0 Å². The summed E-state index contributed by atoms with van der Waals surface area (Å²) in [6.07, 6.45) is 4.20. The second-order valence-corrected chi connectivity index (χ2v) is 6.56. The molecule has 2 rings (SSSR count). The Kier molecular flexibility index (Phi) is 5.87. The molecule has 1 aromatic rings. The third-order valence-corrected chi connectivity index (χ3v) is 4.86. The molecule has 0 aliphatic carbocycles. The molecule has 0 aromatic heterocycles. The maximum absolute atomic E-state index is 6.34. The van der Waals surface area contributed by atoms with E-state index in [0.717, 1.165) is 38.0 Å². The lowest BCUT2D eigenvalue weighted by atomic mass is 9.94. The lowest BCUT2D eigenvalue weighted by Gasteiger charge is -2.37. The summed E-state index contributed by atoms with van der Waals surface area (Å²) in [5, 5.41) is 0. The minimum absolute atomic E-state index is 0.128. The zero-order chi connectivity index (χ0) is 16.1. The Bertz CT molecular complexity index is 437. The lowest BCUT2D eigenvalue weighted by Crippen LogP contribution is -2.44. The zero-order valence-electron chi connectivity index (χ0n) is 14.4. The summed E-state index contributed by atoms with van der Waals surface area (Å²) in [6.45, 7) is 10.2. The van der Waals surface area contributed by atoms with Crippen molar-refractivity contribution in [3.63, 3.8) is 0 Å². The molecular weight excluding hydrogens is 276 g/mol. The molecular formula is C19H30O3. The van der Waals surface area contributed by atoms with E-state index in [1.54, 1.807) is 0 Å². The summed E-state index contributed by atoms with van der Waals surface area (Å²) in [7, 11) is 0. The predicted octanol–water partition coefficient (Wildman–Crippen LogP) is 4.60. The first-order chi connectivity index (χ1) is 10.5. The van der Waals surface area contributed by atoms with Crippen LogP contribution in [-0.4, -0.2) is 30.5 Å². The monoisotopic (exact) mass is 306 g/mol. The summed E-state index contributed by atoms with van der Waals surface area (Å²) in [6, 6.07) is 10.0. The molecule has 0 N–H and O–H groups in total. The van der Waals surface area contributed by atoms with Crippen molar-refractivity contribution in [3.05, 3.63) is 30.3 Å². The van der Waals surface area contributed by atoms with E-state index in [0.29, 0.717) is 12.7 Å². The summed E-state index contributed by atoms with van der Waals surface area (Å²) >= 11 is 0. The second kappa shape index (κ2) is 7.47. The van der Waals surface area contributed by atoms with Crippen LogP contribution in [0.3, 0.4) is 0 Å². The van der Waals surface area contributed by atoms with E-state index in [4.69, 9.17) is 14.2 Å². The molecule has 0 amide bonds. The van der Waals surface area contributed by atoms with Crippen molar-refractivity contribution in [1.82, 2.24) is 0 Å². The molecule has 2 atom stereocenters. The van der Waals surface area contributed by atoms with E-state index in [1.807, 2.05) is 30.3 Å². The Morgan fingerprint density at radius 1 is 1.09 bits per heavy atom. The second-order valence-electron chi connectivity index (χ2n) is 6.56. The van der Waals surface area contributed by atoms with Gasteiger partial charge in [0.1, 0.15) is 11.4 Å². The van der Waals surface area contributed by atoms with Crippen LogP contribution in [0.4, 0.5) is 0 Å². The lowest BCUT2D eigenvalue weighted by molar-refractivity contribution is -0.111. The summed E-state index contributed by atoms with van der Waals surface area (Å²) in [5.41, 5.74) is -0.390. The van der Waals surface area contributed by atoms with Gasteiger partial charge in [-0.3, -0.25) is 0 Å². The molecule has 124 valence electrons. The minimum atomic E-state index is -0.262. The van der Waals surface area contributed by atoms with Gasteiger partial charge in [0, 0.05) is 6.42 Å². The zero-order valence-corrected chi connectivity index (χ0v) is 14.4. The predicted molar refractivity (Wildman–Crippen MR) is 89.4 cm³/mol. The number of epoxide rings is 1. The van der Waals surface area contributed by atoms with E-state index < -0.39 is 0 Å². The first kappa shape index (κ1) is 17.3. The molecule has 1 aliphatic rings. The molecule has 1 fully saturated rings. The molecule has 0 saturated carbocycles. The van der Waals surface area contributed by atoms with Crippen LogP contribution in [0.5, 0.6) is 5.75 Å². The molecule has 3 heteroatoms. The normalized spacial score (nSPS) is 20.5. The van der Waals surface area contributed by atoms with Crippen LogP contribution < -0.4 is 4.74 Å². The molecule has 0 radical (unpaired) electrons. The summed E-state index contributed by atoms with van der Waals surface area (Å²) < 4.78 is 18.0. The van der Waals surface area contributed by atoms with Gasteiger partial charge in [0.05, 0.1) is 24.9 Å². The molecule has 1 heterocycles. The van der Waals surface area contributed by atoms with Gasteiger partial charge in [-0.25, -0.2) is 0 Å². The fourth-order valence-electron chi connectivity index (χ4n) is 2.65. The number of rotatable bonds is 10. The third kappa shape index (κ3) is 4.72. The molecule has 1 saturated heterocycles. The van der Waals surface area contributed by atoms with Gasteiger partial charge in [-0.2, -0.15) is 0 Å². The van der Waals surface area contributed by atoms with Crippen LogP contribution in [0.15, 0.2) is 30.3 Å². The minimum Gasteiger partial charge on any atom is -0.485 e. The summed E-state index contributed by atoms with van der Waals surface area (Å²) in [5.74, 6) is 0.915. The Labute approximate surface area is 135 Å². The third-order valence-electron chi connectivity index (χ3n) is 4.86. The molecule has 3 nitrogen and oxygen atoms in total. The van der Waals surface area contributed by atoms with E-state index in [1.165, 1.54) is 0 Å². The van der Waals surface area contributed by atoms with Crippen LogP contribution in [0.25, 0.3) is 0 Å². The highest BCUT2D eigenvalue weighted by molar-refractivity contribution is 5.22. The topological polar surface area (TPSA) is 31.0 Å². The van der Waals surface area contributed by atoms with Crippen LogP contribution in [0.2, 0.25) is 0 Å². The number of para-hydroxylation sites is 1. The number of benzene rings is 1. The Balaban J connectivity index is 2.00. The van der Waals surface area contributed by atoms with Gasteiger partial charge in [0.25, 0.3) is 0 Å². The SMILES string of the molecule is CCC(C)(CC1CO1)OCC(CC)(CC)Oc1ccccc1. The molecule has 2 unspecified atom stereocenters. The maximum Gasteiger partial charge on any atom is 0.132 e. The van der Waals surface area contributed by atoms with E-state index >= 15 is 0 Å². The molecule has 1 aliphatic heterocycles. The van der Waals surface area contributed by atoms with E-state index in [2.05, 4.69) is 27.7 Å². The first-order valence-electron chi connectivity index (χ1n) is 8.54. The average Bonchev–Trinajstić information content (AvgIpc) is 3.36. The summed E-state index contributed by atoms with van der Waals surface area (Å²) in [4.78, 5) is 0. The Morgan fingerprint density at radius 2 is 1.73 bits per heavy atom. The quantitative estimate of drug-likeness (QED) is 0.592. The highest BCUT2D eigenvalue weighted by Crippen LogP contribution is 2.32. The Morgan fingerprint density at radius 3 is 2.23 bits per heavy atom. The number of ether oxygens (including phenoxy) is 3. The molecule has 0 bridgehead atoms. The fraction of sp³-hybridized carbons (Fsp3) is 0.684. The fourth-order valence-corrected chi connectivity index (χ4v) is 2.65. The molecule has 22 heavy (non-hydrogen) atoms. The van der Waals surface area contributed by atoms with Crippen molar-refractivity contribution in [3.8, 4) is 5.75 Å². The maximum atomic E-state index is 6.34. The van der Waals surface area contributed by atoms with Crippen LogP contribution in [-0.2, 0) is 9.47 Å².